The fourth-order valence-electron chi connectivity index (χ4n) is 3.02. The molecule has 0 aliphatic carbocycles. The van der Waals surface area contributed by atoms with Gasteiger partial charge in [-0.1, -0.05) is 0 Å². The van der Waals surface area contributed by atoms with Gasteiger partial charge in [-0.3, -0.25) is 0 Å². The number of hydrogen-bond acceptors (Lipinski definition) is 9. The molecule has 33 heavy (non-hydrogen) atoms. The molecule has 0 spiro atoms. The minimum absolute atomic E-state index is 0.0325. The zero-order chi connectivity index (χ0) is 24.5. The van der Waals surface area contributed by atoms with Crippen molar-refractivity contribution in [1.82, 2.24) is 9.80 Å². The van der Waals surface area contributed by atoms with Crippen molar-refractivity contribution in [1.29, 1.82) is 0 Å². The second-order valence-corrected chi connectivity index (χ2v) is 7.48. The van der Waals surface area contributed by atoms with Crippen LogP contribution in [-0.2, 0) is 25.5 Å². The van der Waals surface area contributed by atoms with Gasteiger partial charge in [0.15, 0.2) is 6.10 Å². The SMILES string of the molecule is BOC(=O)N(C)CCN(C)C(=O)OCc1ccc(OC)cc1O[C@H]1C[C@@H](O)C[C@@H](C(=O)O)O1. The molecule has 1 heterocycles. The number of aliphatic hydroxyl groups is 1. The first kappa shape index (κ1) is 26.1. The number of benzene rings is 1. The van der Waals surface area contributed by atoms with Gasteiger partial charge in [0, 0.05) is 51.7 Å². The van der Waals surface area contributed by atoms with Crippen LogP contribution in [0.15, 0.2) is 18.2 Å². The lowest BCUT2D eigenvalue weighted by molar-refractivity contribution is -0.195. The van der Waals surface area contributed by atoms with Crippen LogP contribution in [0.2, 0.25) is 0 Å². The van der Waals surface area contributed by atoms with E-state index in [9.17, 15) is 24.6 Å². The highest BCUT2D eigenvalue weighted by Crippen LogP contribution is 2.30. The molecule has 2 N–H and O–H groups in total. The average Bonchev–Trinajstić information content (AvgIpc) is 2.80. The third-order valence-corrected chi connectivity index (χ3v) is 4.99. The molecule has 2 rings (SSSR count). The van der Waals surface area contributed by atoms with Gasteiger partial charge in [0.25, 0.3) is 0 Å². The van der Waals surface area contributed by atoms with Crippen LogP contribution in [0.1, 0.15) is 18.4 Å². The number of hydrogen-bond donors (Lipinski definition) is 2. The zero-order valence-electron chi connectivity index (χ0n) is 19.1. The van der Waals surface area contributed by atoms with E-state index in [-0.39, 0.29) is 38.3 Å². The molecule has 2 amide bonds. The van der Waals surface area contributed by atoms with Gasteiger partial charge in [-0.25, -0.2) is 14.4 Å². The number of rotatable bonds is 9. The number of methoxy groups -OCH3 is 1. The molecular weight excluding hydrogens is 439 g/mol. The van der Waals surface area contributed by atoms with Gasteiger partial charge in [0.05, 0.1) is 13.2 Å². The number of likely N-dealkylation sites (N-methyl/N-ethyl adjacent to an activating group) is 2. The Kier molecular flexibility index (Phi) is 9.61. The van der Waals surface area contributed by atoms with Crippen LogP contribution in [-0.4, -0.2) is 99.0 Å². The number of carboxylic acid groups (broad SMARTS) is 1. The number of aliphatic carboxylic acids is 1. The monoisotopic (exact) mass is 468 g/mol. The molecule has 1 aliphatic rings. The van der Waals surface area contributed by atoms with Crippen molar-refractivity contribution in [3.05, 3.63) is 23.8 Å². The van der Waals surface area contributed by atoms with Crippen molar-refractivity contribution in [3.8, 4) is 11.5 Å². The van der Waals surface area contributed by atoms with E-state index >= 15 is 0 Å². The first-order valence-electron chi connectivity index (χ1n) is 10.2. The smallest absolute Gasteiger partial charge is 0.409 e. The first-order chi connectivity index (χ1) is 15.6. The van der Waals surface area contributed by atoms with Crippen LogP contribution in [0.25, 0.3) is 0 Å². The predicted molar refractivity (Wildman–Crippen MR) is 116 cm³/mol. The average molecular weight is 468 g/mol. The Hall–Kier alpha value is -3.19. The molecule has 182 valence electrons. The van der Waals surface area contributed by atoms with E-state index in [4.69, 9.17) is 18.9 Å². The van der Waals surface area contributed by atoms with Crippen molar-refractivity contribution in [2.24, 2.45) is 0 Å². The van der Waals surface area contributed by atoms with E-state index in [1.807, 2.05) is 0 Å². The molecule has 0 saturated carbocycles. The quantitative estimate of drug-likeness (QED) is 0.483. The van der Waals surface area contributed by atoms with Crippen LogP contribution < -0.4 is 9.47 Å². The number of amides is 2. The van der Waals surface area contributed by atoms with E-state index in [0.29, 0.717) is 11.3 Å². The third-order valence-electron chi connectivity index (χ3n) is 4.99. The standard InChI is InChI=1S/C20H29BN2O10/c1-22(6-7-23(2)20(28)33-21)19(27)30-11-12-4-5-14(29-3)10-15(12)31-17-9-13(24)8-16(32-17)18(25)26/h4-5,10,13,16-17,24H,6-9,11,21H2,1-3H3,(H,25,26)/t13-,16-,17+/m0/s1. The summed E-state index contributed by atoms with van der Waals surface area (Å²) < 4.78 is 26.4. The summed E-state index contributed by atoms with van der Waals surface area (Å²) >= 11 is 0. The summed E-state index contributed by atoms with van der Waals surface area (Å²) in [6.07, 6.45) is -4.18. The maximum Gasteiger partial charge on any atom is 0.409 e. The molecule has 1 aromatic carbocycles. The molecule has 0 unspecified atom stereocenters. The van der Waals surface area contributed by atoms with Gasteiger partial charge >= 0.3 is 26.2 Å². The molecule has 1 saturated heterocycles. The highest BCUT2D eigenvalue weighted by molar-refractivity contribution is 6.04. The number of aliphatic hydroxyl groups excluding tert-OH is 1. The fourth-order valence-corrected chi connectivity index (χ4v) is 3.02. The van der Waals surface area contributed by atoms with Crippen molar-refractivity contribution in [3.63, 3.8) is 0 Å². The van der Waals surface area contributed by atoms with E-state index in [1.165, 1.54) is 32.0 Å². The second kappa shape index (κ2) is 12.2. The summed E-state index contributed by atoms with van der Waals surface area (Å²) in [7, 11) is 5.82. The molecule has 0 aromatic heterocycles. The molecular formula is C20H29BN2O10. The Bertz CT molecular complexity index is 839. The van der Waals surface area contributed by atoms with E-state index in [2.05, 4.69) is 4.65 Å². The minimum atomic E-state index is -1.19. The Morgan fingerprint density at radius 2 is 1.82 bits per heavy atom. The topological polar surface area (TPSA) is 144 Å². The lowest BCUT2D eigenvalue weighted by Crippen LogP contribution is -2.42. The normalized spacial score (nSPS) is 19.8. The maximum atomic E-state index is 12.3. The van der Waals surface area contributed by atoms with Gasteiger partial charge in [-0.2, -0.15) is 0 Å². The number of ether oxygens (including phenoxy) is 4. The van der Waals surface area contributed by atoms with Crippen molar-refractivity contribution in [2.75, 3.05) is 34.3 Å². The van der Waals surface area contributed by atoms with Crippen molar-refractivity contribution >= 4 is 26.2 Å². The molecule has 0 radical (unpaired) electrons. The van der Waals surface area contributed by atoms with Crippen LogP contribution in [0.4, 0.5) is 9.59 Å². The molecule has 12 nitrogen and oxygen atoms in total. The molecule has 1 aromatic rings. The maximum absolute atomic E-state index is 12.3. The summed E-state index contributed by atoms with van der Waals surface area (Å²) in [5.74, 6) is -0.462. The predicted octanol–water partition coefficient (Wildman–Crippen LogP) is 0.210. The van der Waals surface area contributed by atoms with Crippen LogP contribution in [0.5, 0.6) is 11.5 Å². The second-order valence-electron chi connectivity index (χ2n) is 7.48. The summed E-state index contributed by atoms with van der Waals surface area (Å²) in [4.78, 5) is 37.6. The van der Waals surface area contributed by atoms with Gasteiger partial charge in [0.1, 0.15) is 18.1 Å². The number of carboxylic acids is 1. The third kappa shape index (κ3) is 7.72. The summed E-state index contributed by atoms with van der Waals surface area (Å²) in [6.45, 7) is 0.328. The highest BCUT2D eigenvalue weighted by Gasteiger charge is 2.34. The van der Waals surface area contributed by atoms with Gasteiger partial charge < -0.3 is 43.6 Å². The zero-order valence-corrected chi connectivity index (χ0v) is 19.1. The summed E-state index contributed by atoms with van der Waals surface area (Å²) in [6, 6.07) is 4.85. The number of nitrogens with zero attached hydrogens (tertiary/aromatic N) is 2. The lowest BCUT2D eigenvalue weighted by Gasteiger charge is -2.31. The molecule has 0 bridgehead atoms. The number of carbonyl (C=O) groups excluding carboxylic acids is 2. The lowest BCUT2D eigenvalue weighted by atomic mass is 10.1. The van der Waals surface area contributed by atoms with Crippen LogP contribution in [0, 0.1) is 0 Å². The summed E-state index contributed by atoms with van der Waals surface area (Å²) in [5, 5.41) is 19.2. The van der Waals surface area contributed by atoms with Crippen molar-refractivity contribution in [2.45, 2.75) is 37.9 Å². The van der Waals surface area contributed by atoms with Gasteiger partial charge in [0.2, 0.25) is 6.29 Å². The van der Waals surface area contributed by atoms with Gasteiger partial charge in [-0.05, 0) is 12.1 Å². The molecule has 1 aliphatic heterocycles. The molecule has 3 atom stereocenters. The van der Waals surface area contributed by atoms with Crippen molar-refractivity contribution < 1.29 is 48.2 Å². The first-order valence-corrected chi connectivity index (χ1v) is 10.2. The van der Waals surface area contributed by atoms with Crippen LogP contribution >= 0.6 is 0 Å². The molecule has 1 fully saturated rings. The van der Waals surface area contributed by atoms with Gasteiger partial charge in [-0.15, -0.1) is 0 Å². The minimum Gasteiger partial charge on any atom is -0.528 e. The Morgan fingerprint density at radius 3 is 2.42 bits per heavy atom. The van der Waals surface area contributed by atoms with E-state index < -0.39 is 36.7 Å². The summed E-state index contributed by atoms with van der Waals surface area (Å²) in [5.41, 5.74) is 0.486. The largest absolute Gasteiger partial charge is 0.528 e. The number of carbonyl (C=O) groups is 3. The van der Waals surface area contributed by atoms with E-state index in [1.54, 1.807) is 25.2 Å². The molecule has 13 heteroatoms. The Balaban J connectivity index is 2.01. The Morgan fingerprint density at radius 1 is 1.15 bits per heavy atom. The van der Waals surface area contributed by atoms with Crippen LogP contribution in [0.3, 0.4) is 0 Å². The Labute approximate surface area is 192 Å². The van der Waals surface area contributed by atoms with E-state index in [0.717, 1.165) is 0 Å². The fraction of sp³-hybridized carbons (Fsp3) is 0.550. The highest BCUT2D eigenvalue weighted by atomic mass is 16.7.